The molecular formula is C14H21NO2. The minimum absolute atomic E-state index is 0.0867. The molecule has 1 aliphatic heterocycles. The number of para-hydroxylation sites is 1. The van der Waals surface area contributed by atoms with E-state index in [4.69, 9.17) is 4.74 Å². The lowest BCUT2D eigenvalue weighted by Gasteiger charge is -2.40. The zero-order chi connectivity index (χ0) is 12.5. The largest absolute Gasteiger partial charge is 0.493 e. The van der Waals surface area contributed by atoms with Crippen LogP contribution in [0.15, 0.2) is 24.3 Å². The Balaban J connectivity index is 2.30. The van der Waals surface area contributed by atoms with Gasteiger partial charge in [0.25, 0.3) is 0 Å². The second kappa shape index (κ2) is 4.67. The van der Waals surface area contributed by atoms with E-state index in [-0.39, 0.29) is 5.92 Å². The molecule has 2 atom stereocenters. The third-order valence-corrected chi connectivity index (χ3v) is 3.44. The van der Waals surface area contributed by atoms with E-state index in [0.717, 1.165) is 11.3 Å². The average molecular weight is 235 g/mol. The molecule has 0 aromatic heterocycles. The third-order valence-electron chi connectivity index (χ3n) is 3.44. The number of fused-ring (bicyclic) bond motifs is 1. The lowest BCUT2D eigenvalue weighted by Crippen LogP contribution is -2.49. The normalized spacial score (nSPS) is 27.7. The Morgan fingerprint density at radius 2 is 2.18 bits per heavy atom. The van der Waals surface area contributed by atoms with Crippen LogP contribution in [0.2, 0.25) is 0 Å². The van der Waals surface area contributed by atoms with Gasteiger partial charge in [0.15, 0.2) is 0 Å². The molecule has 17 heavy (non-hydrogen) atoms. The van der Waals surface area contributed by atoms with Gasteiger partial charge in [0.2, 0.25) is 0 Å². The fourth-order valence-corrected chi connectivity index (χ4v) is 2.20. The molecule has 1 aromatic carbocycles. The standard InChI is InChI=1S/C14H21NO2/c1-10(2)15-9-14(16)11(3)8-17-13-7-5-4-6-12(13)14/h4-7,10-11,15-16H,8-9H2,1-3H3. The molecule has 2 N–H and O–H groups in total. The molecule has 1 aromatic rings. The van der Waals surface area contributed by atoms with Crippen LogP contribution in [-0.2, 0) is 5.60 Å². The first-order chi connectivity index (χ1) is 8.04. The molecule has 0 aliphatic carbocycles. The molecule has 0 spiro atoms. The van der Waals surface area contributed by atoms with Crippen molar-refractivity contribution in [3.8, 4) is 5.75 Å². The summed E-state index contributed by atoms with van der Waals surface area (Å²) >= 11 is 0. The first-order valence-corrected chi connectivity index (χ1v) is 6.22. The van der Waals surface area contributed by atoms with E-state index in [0.29, 0.717) is 19.2 Å². The fraction of sp³-hybridized carbons (Fsp3) is 0.571. The van der Waals surface area contributed by atoms with Crippen molar-refractivity contribution in [1.82, 2.24) is 5.32 Å². The second-order valence-electron chi connectivity index (χ2n) is 5.17. The third kappa shape index (κ3) is 2.31. The molecule has 0 fully saturated rings. The lowest BCUT2D eigenvalue weighted by atomic mass is 9.80. The Bertz CT molecular complexity index is 392. The van der Waals surface area contributed by atoms with E-state index in [1.165, 1.54) is 0 Å². The van der Waals surface area contributed by atoms with Gasteiger partial charge in [-0.05, 0) is 6.07 Å². The summed E-state index contributed by atoms with van der Waals surface area (Å²) in [6.45, 7) is 7.32. The van der Waals surface area contributed by atoms with E-state index < -0.39 is 5.60 Å². The maximum atomic E-state index is 10.9. The molecule has 0 saturated heterocycles. The van der Waals surface area contributed by atoms with Gasteiger partial charge < -0.3 is 15.2 Å². The summed E-state index contributed by atoms with van der Waals surface area (Å²) in [6, 6.07) is 8.11. The molecule has 94 valence electrons. The van der Waals surface area contributed by atoms with Gasteiger partial charge in [-0.2, -0.15) is 0 Å². The summed E-state index contributed by atoms with van der Waals surface area (Å²) in [5.74, 6) is 0.891. The number of hydrogen-bond donors (Lipinski definition) is 2. The summed E-state index contributed by atoms with van der Waals surface area (Å²) in [6.07, 6.45) is 0. The quantitative estimate of drug-likeness (QED) is 0.841. The van der Waals surface area contributed by atoms with Crippen molar-refractivity contribution < 1.29 is 9.84 Å². The van der Waals surface area contributed by atoms with Crippen LogP contribution in [0.1, 0.15) is 26.3 Å². The van der Waals surface area contributed by atoms with Gasteiger partial charge in [-0.25, -0.2) is 0 Å². The van der Waals surface area contributed by atoms with Crippen molar-refractivity contribution in [2.75, 3.05) is 13.2 Å². The van der Waals surface area contributed by atoms with Crippen LogP contribution in [0.3, 0.4) is 0 Å². The minimum atomic E-state index is -0.834. The highest BCUT2D eigenvalue weighted by Gasteiger charge is 2.41. The highest BCUT2D eigenvalue weighted by molar-refractivity contribution is 5.40. The highest BCUT2D eigenvalue weighted by Crippen LogP contribution is 2.39. The molecular weight excluding hydrogens is 214 g/mol. The second-order valence-corrected chi connectivity index (χ2v) is 5.17. The number of benzene rings is 1. The van der Waals surface area contributed by atoms with E-state index in [2.05, 4.69) is 19.2 Å². The van der Waals surface area contributed by atoms with Gasteiger partial charge in [-0.3, -0.25) is 0 Å². The first-order valence-electron chi connectivity index (χ1n) is 6.22. The van der Waals surface area contributed by atoms with Gasteiger partial charge in [-0.15, -0.1) is 0 Å². The number of aliphatic hydroxyl groups is 1. The van der Waals surface area contributed by atoms with Crippen molar-refractivity contribution in [3.05, 3.63) is 29.8 Å². The molecule has 1 heterocycles. The van der Waals surface area contributed by atoms with E-state index >= 15 is 0 Å². The summed E-state index contributed by atoms with van der Waals surface area (Å²) in [5, 5.41) is 14.2. The predicted octanol–water partition coefficient (Wildman–Crippen LogP) is 1.90. The maximum Gasteiger partial charge on any atom is 0.125 e. The van der Waals surface area contributed by atoms with Crippen LogP contribution in [-0.4, -0.2) is 24.3 Å². The molecule has 0 amide bonds. The van der Waals surface area contributed by atoms with Gasteiger partial charge in [0.05, 0.1) is 6.61 Å². The van der Waals surface area contributed by atoms with Gasteiger partial charge in [0, 0.05) is 24.1 Å². The fourth-order valence-electron chi connectivity index (χ4n) is 2.20. The summed E-state index contributed by atoms with van der Waals surface area (Å²) in [7, 11) is 0. The van der Waals surface area contributed by atoms with Crippen molar-refractivity contribution in [3.63, 3.8) is 0 Å². The van der Waals surface area contributed by atoms with Crippen LogP contribution in [0.5, 0.6) is 5.75 Å². The van der Waals surface area contributed by atoms with Crippen molar-refractivity contribution in [1.29, 1.82) is 0 Å². The summed E-state index contributed by atoms with van der Waals surface area (Å²) in [5.41, 5.74) is 0.0611. The average Bonchev–Trinajstić information content (AvgIpc) is 2.32. The lowest BCUT2D eigenvalue weighted by molar-refractivity contribution is -0.0509. The van der Waals surface area contributed by atoms with Gasteiger partial charge in [0.1, 0.15) is 11.4 Å². The Kier molecular flexibility index (Phi) is 3.40. The SMILES string of the molecule is CC(C)NCC1(O)c2ccccc2OCC1C. The molecule has 2 unspecified atom stereocenters. The molecule has 2 rings (SSSR count). The summed E-state index contributed by atoms with van der Waals surface area (Å²) < 4.78 is 5.65. The van der Waals surface area contributed by atoms with Crippen LogP contribution in [0.4, 0.5) is 0 Å². The highest BCUT2D eigenvalue weighted by atomic mass is 16.5. The van der Waals surface area contributed by atoms with Crippen LogP contribution in [0, 0.1) is 5.92 Å². The van der Waals surface area contributed by atoms with Crippen LogP contribution in [0.25, 0.3) is 0 Å². The predicted molar refractivity (Wildman–Crippen MR) is 68.1 cm³/mol. The topological polar surface area (TPSA) is 41.5 Å². The zero-order valence-corrected chi connectivity index (χ0v) is 10.7. The smallest absolute Gasteiger partial charge is 0.125 e. The zero-order valence-electron chi connectivity index (χ0n) is 10.7. The summed E-state index contributed by atoms with van der Waals surface area (Å²) in [4.78, 5) is 0. The van der Waals surface area contributed by atoms with E-state index in [1.807, 2.05) is 31.2 Å². The monoisotopic (exact) mass is 235 g/mol. The Morgan fingerprint density at radius 1 is 1.47 bits per heavy atom. The minimum Gasteiger partial charge on any atom is -0.493 e. The Hall–Kier alpha value is -1.06. The molecule has 0 saturated carbocycles. The molecule has 0 radical (unpaired) electrons. The van der Waals surface area contributed by atoms with Crippen LogP contribution < -0.4 is 10.1 Å². The Morgan fingerprint density at radius 3 is 2.88 bits per heavy atom. The Labute approximate surface area is 103 Å². The molecule has 1 aliphatic rings. The first kappa shape index (κ1) is 12.4. The number of ether oxygens (including phenoxy) is 1. The van der Waals surface area contributed by atoms with Crippen molar-refractivity contribution in [2.45, 2.75) is 32.4 Å². The number of hydrogen-bond acceptors (Lipinski definition) is 3. The maximum absolute atomic E-state index is 10.9. The van der Waals surface area contributed by atoms with Gasteiger partial charge in [-0.1, -0.05) is 39.0 Å². The van der Waals surface area contributed by atoms with Gasteiger partial charge >= 0.3 is 0 Å². The number of rotatable bonds is 3. The number of nitrogens with one attached hydrogen (secondary N) is 1. The van der Waals surface area contributed by atoms with Crippen molar-refractivity contribution >= 4 is 0 Å². The van der Waals surface area contributed by atoms with Crippen LogP contribution >= 0.6 is 0 Å². The van der Waals surface area contributed by atoms with E-state index in [9.17, 15) is 5.11 Å². The van der Waals surface area contributed by atoms with Crippen molar-refractivity contribution in [2.24, 2.45) is 5.92 Å². The molecule has 3 heteroatoms. The molecule has 3 nitrogen and oxygen atoms in total. The van der Waals surface area contributed by atoms with E-state index in [1.54, 1.807) is 0 Å². The molecule has 0 bridgehead atoms.